The standard InChI is InChI=1S/C22H37N3O6S/c1-3-7-19(20(30-2)10-12-23-32(28)29)21(26)24-13-15-25(16-14-24)22(27)31-17-11-18-8-5-4-6-9-18/h7,10,18,23H,3-6,8-9,11-17H2,1-2H3,(H,28,29)/b19-7+,20-10+. The molecule has 2 aliphatic rings. The first-order chi connectivity index (χ1) is 15.5. The van der Waals surface area contributed by atoms with Crippen molar-refractivity contribution in [1.82, 2.24) is 14.5 Å². The van der Waals surface area contributed by atoms with Gasteiger partial charge in [0.25, 0.3) is 5.91 Å². The molecule has 182 valence electrons. The van der Waals surface area contributed by atoms with E-state index in [1.54, 1.807) is 22.0 Å². The summed E-state index contributed by atoms with van der Waals surface area (Å²) in [6.07, 6.45) is 10.9. The third kappa shape index (κ3) is 8.55. The average Bonchev–Trinajstić information content (AvgIpc) is 2.81. The molecule has 1 aliphatic carbocycles. The Kier molecular flexibility index (Phi) is 11.8. The van der Waals surface area contributed by atoms with Crippen molar-refractivity contribution in [2.45, 2.75) is 51.9 Å². The normalized spacial score (nSPS) is 19.6. The van der Waals surface area contributed by atoms with Gasteiger partial charge in [0.1, 0.15) is 5.76 Å². The molecule has 9 nitrogen and oxygen atoms in total. The van der Waals surface area contributed by atoms with Crippen molar-refractivity contribution >= 4 is 23.3 Å². The molecular formula is C22H37N3O6S. The second-order valence-corrected chi connectivity index (χ2v) is 8.87. The molecule has 0 radical (unpaired) electrons. The Labute approximate surface area is 193 Å². The number of hydrogen-bond donors (Lipinski definition) is 2. The number of carbonyl (C=O) groups excluding carboxylic acids is 2. The largest absolute Gasteiger partial charge is 0.496 e. The Morgan fingerprint density at radius 3 is 2.34 bits per heavy atom. The minimum absolute atomic E-state index is 0.0844. The molecule has 1 heterocycles. The van der Waals surface area contributed by atoms with Crippen LogP contribution in [0.1, 0.15) is 51.9 Å². The number of hydrogen-bond acceptors (Lipinski definition) is 5. The number of nitrogens with one attached hydrogen (secondary N) is 1. The molecule has 1 atom stereocenters. The van der Waals surface area contributed by atoms with E-state index in [1.165, 1.54) is 39.2 Å². The van der Waals surface area contributed by atoms with Crippen LogP contribution in [0, 0.1) is 5.92 Å². The molecule has 0 spiro atoms. The van der Waals surface area contributed by atoms with E-state index < -0.39 is 11.3 Å². The molecular weight excluding hydrogens is 434 g/mol. The zero-order valence-electron chi connectivity index (χ0n) is 19.2. The topological polar surface area (TPSA) is 108 Å². The summed E-state index contributed by atoms with van der Waals surface area (Å²) >= 11 is -2.14. The van der Waals surface area contributed by atoms with Gasteiger partial charge in [0.15, 0.2) is 0 Å². The summed E-state index contributed by atoms with van der Waals surface area (Å²) in [4.78, 5) is 28.8. The highest BCUT2D eigenvalue weighted by atomic mass is 32.2. The van der Waals surface area contributed by atoms with E-state index in [4.69, 9.17) is 14.0 Å². The fraction of sp³-hybridized carbons (Fsp3) is 0.727. The number of carbonyl (C=O) groups is 2. The van der Waals surface area contributed by atoms with Crippen LogP contribution in [0.3, 0.4) is 0 Å². The fourth-order valence-corrected chi connectivity index (χ4v) is 4.37. The van der Waals surface area contributed by atoms with Gasteiger partial charge >= 0.3 is 6.09 Å². The number of piperazine rings is 1. The van der Waals surface area contributed by atoms with Gasteiger partial charge in [0.05, 0.1) is 19.3 Å². The third-order valence-corrected chi connectivity index (χ3v) is 6.33. The molecule has 2 amide bonds. The zero-order chi connectivity index (χ0) is 23.3. The Morgan fingerprint density at radius 1 is 1.09 bits per heavy atom. The number of rotatable bonds is 10. The molecule has 0 aromatic carbocycles. The molecule has 1 saturated heterocycles. The summed E-state index contributed by atoms with van der Waals surface area (Å²) in [6.45, 7) is 4.13. The van der Waals surface area contributed by atoms with Gasteiger partial charge in [-0.15, -0.1) is 0 Å². The molecule has 0 aromatic heterocycles. The van der Waals surface area contributed by atoms with Gasteiger partial charge in [0, 0.05) is 32.7 Å². The van der Waals surface area contributed by atoms with Gasteiger partial charge in [-0.1, -0.05) is 45.1 Å². The Bertz CT molecular complexity index is 698. The predicted molar refractivity (Wildman–Crippen MR) is 123 cm³/mol. The highest BCUT2D eigenvalue weighted by molar-refractivity contribution is 7.77. The second kappa shape index (κ2) is 14.3. The summed E-state index contributed by atoms with van der Waals surface area (Å²) in [5, 5.41) is 0. The molecule has 0 bridgehead atoms. The van der Waals surface area contributed by atoms with Crippen LogP contribution >= 0.6 is 0 Å². The first-order valence-corrected chi connectivity index (χ1v) is 12.6. The van der Waals surface area contributed by atoms with Crippen molar-refractivity contribution < 1.29 is 27.8 Å². The highest BCUT2D eigenvalue weighted by Gasteiger charge is 2.28. The lowest BCUT2D eigenvalue weighted by Crippen LogP contribution is -2.51. The van der Waals surface area contributed by atoms with Gasteiger partial charge in [-0.05, 0) is 24.8 Å². The lowest BCUT2D eigenvalue weighted by atomic mass is 9.87. The summed E-state index contributed by atoms with van der Waals surface area (Å²) in [7, 11) is 1.46. The molecule has 1 unspecified atom stereocenters. The molecule has 0 aromatic rings. The van der Waals surface area contributed by atoms with E-state index in [2.05, 4.69) is 4.72 Å². The van der Waals surface area contributed by atoms with E-state index >= 15 is 0 Å². The van der Waals surface area contributed by atoms with Gasteiger partial charge < -0.3 is 19.3 Å². The van der Waals surface area contributed by atoms with Gasteiger partial charge in [-0.3, -0.25) is 9.35 Å². The number of ether oxygens (including phenoxy) is 2. The second-order valence-electron chi connectivity index (χ2n) is 8.08. The van der Waals surface area contributed by atoms with Crippen LogP contribution in [0.15, 0.2) is 23.5 Å². The van der Waals surface area contributed by atoms with Crippen LogP contribution in [0.5, 0.6) is 0 Å². The van der Waals surface area contributed by atoms with Crippen LogP contribution < -0.4 is 4.72 Å². The van der Waals surface area contributed by atoms with Gasteiger partial charge in [0.2, 0.25) is 11.3 Å². The fourth-order valence-electron chi connectivity index (χ4n) is 4.15. The Hall–Kier alpha value is -1.91. The molecule has 2 rings (SSSR count). The first kappa shape index (κ1) is 26.3. The lowest BCUT2D eigenvalue weighted by molar-refractivity contribution is -0.128. The monoisotopic (exact) mass is 471 g/mol. The van der Waals surface area contributed by atoms with E-state index in [0.29, 0.717) is 56.5 Å². The number of methoxy groups -OCH3 is 1. The van der Waals surface area contributed by atoms with Gasteiger partial charge in [-0.25, -0.2) is 13.7 Å². The Balaban J connectivity index is 1.83. The van der Waals surface area contributed by atoms with E-state index in [-0.39, 0.29) is 18.5 Å². The number of nitrogens with zero attached hydrogens (tertiary/aromatic N) is 2. The molecule has 2 N–H and O–H groups in total. The molecule has 2 fully saturated rings. The van der Waals surface area contributed by atoms with Crippen molar-refractivity contribution in [3.8, 4) is 0 Å². The molecule has 32 heavy (non-hydrogen) atoms. The van der Waals surface area contributed by atoms with Crippen molar-refractivity contribution in [3.63, 3.8) is 0 Å². The van der Waals surface area contributed by atoms with Crippen molar-refractivity contribution in [3.05, 3.63) is 23.5 Å². The maximum Gasteiger partial charge on any atom is 0.409 e. The molecule has 1 saturated carbocycles. The van der Waals surface area contributed by atoms with Crippen LogP contribution in [0.4, 0.5) is 4.79 Å². The predicted octanol–water partition coefficient (Wildman–Crippen LogP) is 2.83. The summed E-state index contributed by atoms with van der Waals surface area (Å²) in [6, 6.07) is 0. The third-order valence-electron chi connectivity index (χ3n) is 5.92. The maximum atomic E-state index is 13.1. The van der Waals surface area contributed by atoms with E-state index in [1.807, 2.05) is 6.92 Å². The molecule has 10 heteroatoms. The lowest BCUT2D eigenvalue weighted by Gasteiger charge is -2.34. The Morgan fingerprint density at radius 2 is 1.75 bits per heavy atom. The van der Waals surface area contributed by atoms with E-state index in [0.717, 1.165) is 6.42 Å². The zero-order valence-corrected chi connectivity index (χ0v) is 20.0. The van der Waals surface area contributed by atoms with Crippen molar-refractivity contribution in [2.75, 3.05) is 46.4 Å². The minimum atomic E-state index is -2.14. The minimum Gasteiger partial charge on any atom is -0.496 e. The summed E-state index contributed by atoms with van der Waals surface area (Å²) < 4.78 is 32.8. The average molecular weight is 472 g/mol. The quantitative estimate of drug-likeness (QED) is 0.220. The highest BCUT2D eigenvalue weighted by Crippen LogP contribution is 2.26. The summed E-state index contributed by atoms with van der Waals surface area (Å²) in [5.74, 6) is 0.833. The van der Waals surface area contributed by atoms with Crippen LogP contribution in [0.25, 0.3) is 0 Å². The van der Waals surface area contributed by atoms with Crippen LogP contribution in [0.2, 0.25) is 0 Å². The van der Waals surface area contributed by atoms with Gasteiger partial charge in [-0.2, -0.15) is 0 Å². The van der Waals surface area contributed by atoms with Crippen LogP contribution in [-0.2, 0) is 25.5 Å². The maximum absolute atomic E-state index is 13.1. The molecule has 1 aliphatic heterocycles. The SMILES string of the molecule is CC/C=C(C(=O)N1CCN(C(=O)OCCC2CCCCC2)CC1)\C(=C/CNS(=O)O)OC. The summed E-state index contributed by atoms with van der Waals surface area (Å²) in [5.41, 5.74) is 0.407. The first-order valence-electron chi connectivity index (χ1n) is 11.5. The van der Waals surface area contributed by atoms with E-state index in [9.17, 15) is 13.8 Å². The number of amides is 2. The van der Waals surface area contributed by atoms with Crippen LogP contribution in [-0.4, -0.2) is 77.0 Å². The van der Waals surface area contributed by atoms with Crippen molar-refractivity contribution in [2.24, 2.45) is 5.92 Å². The number of allylic oxidation sites excluding steroid dienone is 1. The van der Waals surface area contributed by atoms with Crippen molar-refractivity contribution in [1.29, 1.82) is 0 Å². The smallest absolute Gasteiger partial charge is 0.409 e.